The van der Waals surface area contributed by atoms with E-state index in [9.17, 15) is 4.21 Å². The van der Waals surface area contributed by atoms with Crippen LogP contribution in [0, 0.1) is 18.3 Å². The van der Waals surface area contributed by atoms with Crippen LogP contribution in [0.1, 0.15) is 5.56 Å². The highest BCUT2D eigenvalue weighted by atomic mass is 32.2. The van der Waals surface area contributed by atoms with E-state index in [4.69, 9.17) is 5.26 Å². The molecular weight excluding hydrogens is 170 g/mol. The first-order valence-corrected chi connectivity index (χ1v) is 4.88. The van der Waals surface area contributed by atoms with E-state index in [1.54, 1.807) is 6.07 Å². The van der Waals surface area contributed by atoms with E-state index in [2.05, 4.69) is 0 Å². The number of aryl methyl sites for hydroxylation is 1. The molecule has 0 saturated carbocycles. The summed E-state index contributed by atoms with van der Waals surface area (Å²) >= 11 is 0. The quantitative estimate of drug-likeness (QED) is 0.692. The van der Waals surface area contributed by atoms with Crippen molar-refractivity contribution in [2.75, 3.05) is 5.75 Å². The maximum Gasteiger partial charge on any atom is 0.115 e. The third-order valence-electron chi connectivity index (χ3n) is 1.53. The Bertz CT molecular complexity index is 341. The van der Waals surface area contributed by atoms with Gasteiger partial charge in [0, 0.05) is 4.90 Å². The van der Waals surface area contributed by atoms with Crippen molar-refractivity contribution in [1.29, 1.82) is 5.26 Å². The fourth-order valence-electron chi connectivity index (χ4n) is 0.948. The lowest BCUT2D eigenvalue weighted by atomic mass is 10.2. The van der Waals surface area contributed by atoms with Crippen LogP contribution in [0.2, 0.25) is 0 Å². The summed E-state index contributed by atoms with van der Waals surface area (Å²) in [5.74, 6) is 0.0743. The monoisotopic (exact) mass is 179 g/mol. The molecule has 0 aliphatic carbocycles. The summed E-state index contributed by atoms with van der Waals surface area (Å²) < 4.78 is 11.4. The minimum absolute atomic E-state index is 0.0743. The SMILES string of the molecule is Cc1ccccc1S(=O)CC#N. The fourth-order valence-corrected chi connectivity index (χ4v) is 1.88. The number of hydrogen-bond donors (Lipinski definition) is 0. The molecule has 1 rings (SSSR count). The van der Waals surface area contributed by atoms with E-state index >= 15 is 0 Å². The lowest BCUT2D eigenvalue weighted by molar-refractivity contribution is 0.685. The van der Waals surface area contributed by atoms with Crippen LogP contribution in [-0.2, 0) is 10.8 Å². The van der Waals surface area contributed by atoms with Gasteiger partial charge in [-0.25, -0.2) is 0 Å². The summed E-state index contributed by atoms with van der Waals surface area (Å²) in [4.78, 5) is 0.763. The molecule has 0 spiro atoms. The van der Waals surface area contributed by atoms with Crippen molar-refractivity contribution in [1.82, 2.24) is 0 Å². The van der Waals surface area contributed by atoms with Crippen molar-refractivity contribution in [3.63, 3.8) is 0 Å². The summed E-state index contributed by atoms with van der Waals surface area (Å²) in [6, 6.07) is 9.30. The third kappa shape index (κ3) is 1.93. The Balaban J connectivity index is 2.97. The molecule has 0 saturated heterocycles. The van der Waals surface area contributed by atoms with Crippen LogP contribution in [0.5, 0.6) is 0 Å². The number of hydrogen-bond acceptors (Lipinski definition) is 2. The highest BCUT2D eigenvalue weighted by molar-refractivity contribution is 7.85. The lowest BCUT2D eigenvalue weighted by Gasteiger charge is -2.00. The molecule has 1 aromatic rings. The van der Waals surface area contributed by atoms with Gasteiger partial charge in [-0.1, -0.05) is 18.2 Å². The molecule has 0 fully saturated rings. The van der Waals surface area contributed by atoms with E-state index in [0.717, 1.165) is 10.5 Å². The molecular formula is C9H9NOS. The van der Waals surface area contributed by atoms with Gasteiger partial charge in [-0.05, 0) is 18.6 Å². The first-order chi connectivity index (χ1) is 5.75. The molecule has 12 heavy (non-hydrogen) atoms. The molecule has 0 heterocycles. The van der Waals surface area contributed by atoms with Crippen LogP contribution in [0.15, 0.2) is 29.2 Å². The van der Waals surface area contributed by atoms with Crippen LogP contribution in [0.4, 0.5) is 0 Å². The minimum Gasteiger partial charge on any atom is -0.253 e. The van der Waals surface area contributed by atoms with Crippen molar-refractivity contribution in [3.05, 3.63) is 29.8 Å². The van der Waals surface area contributed by atoms with Gasteiger partial charge in [0.1, 0.15) is 5.75 Å². The Labute approximate surface area is 74.3 Å². The number of rotatable bonds is 2. The van der Waals surface area contributed by atoms with Gasteiger partial charge in [-0.3, -0.25) is 4.21 Å². The van der Waals surface area contributed by atoms with Crippen LogP contribution in [0.3, 0.4) is 0 Å². The summed E-state index contributed by atoms with van der Waals surface area (Å²) in [6.45, 7) is 1.89. The molecule has 62 valence electrons. The van der Waals surface area contributed by atoms with Gasteiger partial charge in [0.05, 0.1) is 16.9 Å². The predicted octanol–water partition coefficient (Wildman–Crippen LogP) is 1.63. The number of nitrogens with zero attached hydrogens (tertiary/aromatic N) is 1. The maximum absolute atomic E-state index is 11.4. The highest BCUT2D eigenvalue weighted by Crippen LogP contribution is 2.11. The van der Waals surface area contributed by atoms with Crippen molar-refractivity contribution in [2.45, 2.75) is 11.8 Å². The van der Waals surface area contributed by atoms with Gasteiger partial charge in [-0.2, -0.15) is 5.26 Å². The molecule has 3 heteroatoms. The van der Waals surface area contributed by atoms with Gasteiger partial charge in [0.2, 0.25) is 0 Å². The molecule has 2 nitrogen and oxygen atoms in total. The lowest BCUT2D eigenvalue weighted by Crippen LogP contribution is -1.97. The molecule has 0 aliphatic heterocycles. The second-order valence-corrected chi connectivity index (χ2v) is 3.83. The molecule has 1 aromatic carbocycles. The smallest absolute Gasteiger partial charge is 0.115 e. The Morgan fingerprint density at radius 3 is 2.75 bits per heavy atom. The average Bonchev–Trinajstić information content (AvgIpc) is 2.05. The second-order valence-electron chi connectivity index (χ2n) is 2.41. The van der Waals surface area contributed by atoms with Gasteiger partial charge in [0.15, 0.2) is 0 Å². The fraction of sp³-hybridized carbons (Fsp3) is 0.222. The average molecular weight is 179 g/mol. The number of benzene rings is 1. The Morgan fingerprint density at radius 1 is 1.50 bits per heavy atom. The van der Waals surface area contributed by atoms with Crippen molar-refractivity contribution in [2.24, 2.45) is 0 Å². The standard InChI is InChI=1S/C9H9NOS/c1-8-4-2-3-5-9(8)12(11)7-6-10/h2-5H,7H2,1H3. The van der Waals surface area contributed by atoms with E-state index in [-0.39, 0.29) is 5.75 Å². The number of nitriles is 1. The molecule has 0 bridgehead atoms. The Kier molecular flexibility index (Phi) is 3.01. The van der Waals surface area contributed by atoms with Crippen LogP contribution in [0.25, 0.3) is 0 Å². The molecule has 0 aromatic heterocycles. The highest BCUT2D eigenvalue weighted by Gasteiger charge is 2.04. The Hall–Kier alpha value is -1.14. The second kappa shape index (κ2) is 4.03. The molecule has 0 amide bonds. The van der Waals surface area contributed by atoms with E-state index in [1.165, 1.54) is 0 Å². The first kappa shape index (κ1) is 8.95. The first-order valence-electron chi connectivity index (χ1n) is 3.56. The van der Waals surface area contributed by atoms with Crippen molar-refractivity contribution in [3.8, 4) is 6.07 Å². The van der Waals surface area contributed by atoms with Gasteiger partial charge >= 0.3 is 0 Å². The third-order valence-corrected chi connectivity index (χ3v) is 2.87. The summed E-state index contributed by atoms with van der Waals surface area (Å²) in [5, 5.41) is 8.35. The van der Waals surface area contributed by atoms with Crippen LogP contribution >= 0.6 is 0 Å². The van der Waals surface area contributed by atoms with E-state index in [0.29, 0.717) is 0 Å². The molecule has 0 radical (unpaired) electrons. The zero-order valence-corrected chi connectivity index (χ0v) is 7.60. The van der Waals surface area contributed by atoms with Gasteiger partial charge in [-0.15, -0.1) is 0 Å². The zero-order chi connectivity index (χ0) is 8.97. The van der Waals surface area contributed by atoms with Crippen molar-refractivity contribution >= 4 is 10.8 Å². The van der Waals surface area contributed by atoms with Crippen LogP contribution < -0.4 is 0 Å². The van der Waals surface area contributed by atoms with Crippen molar-refractivity contribution < 1.29 is 4.21 Å². The van der Waals surface area contributed by atoms with E-state index < -0.39 is 10.8 Å². The van der Waals surface area contributed by atoms with Crippen LogP contribution in [-0.4, -0.2) is 9.96 Å². The topological polar surface area (TPSA) is 40.9 Å². The Morgan fingerprint density at radius 2 is 2.17 bits per heavy atom. The largest absolute Gasteiger partial charge is 0.253 e. The molecule has 1 atom stereocenters. The minimum atomic E-state index is -1.16. The van der Waals surface area contributed by atoms with Gasteiger partial charge in [0.25, 0.3) is 0 Å². The molecule has 0 aliphatic rings. The molecule has 1 unspecified atom stereocenters. The maximum atomic E-state index is 11.4. The summed E-state index contributed by atoms with van der Waals surface area (Å²) in [6.07, 6.45) is 0. The zero-order valence-electron chi connectivity index (χ0n) is 6.78. The normalized spacial score (nSPS) is 12.0. The van der Waals surface area contributed by atoms with E-state index in [1.807, 2.05) is 31.2 Å². The predicted molar refractivity (Wildman–Crippen MR) is 48.1 cm³/mol. The summed E-state index contributed by atoms with van der Waals surface area (Å²) in [5.41, 5.74) is 0.978. The van der Waals surface area contributed by atoms with Gasteiger partial charge < -0.3 is 0 Å². The molecule has 0 N–H and O–H groups in total. The summed E-state index contributed by atoms with van der Waals surface area (Å²) in [7, 11) is -1.16.